The van der Waals surface area contributed by atoms with Crippen molar-refractivity contribution in [3.63, 3.8) is 0 Å². The molecule has 3 aromatic rings. The van der Waals surface area contributed by atoms with Crippen molar-refractivity contribution in [2.75, 3.05) is 25.0 Å². The van der Waals surface area contributed by atoms with Crippen LogP contribution in [0.3, 0.4) is 0 Å². The van der Waals surface area contributed by atoms with Gasteiger partial charge in [-0.1, -0.05) is 18.2 Å². The summed E-state index contributed by atoms with van der Waals surface area (Å²) in [6.45, 7) is 5.39. The number of carbonyl (C=O) groups excluding carboxylic acids is 1. The van der Waals surface area contributed by atoms with E-state index in [1.54, 1.807) is 10.9 Å². The molecule has 5 rings (SSSR count). The van der Waals surface area contributed by atoms with E-state index in [1.165, 1.54) is 12.1 Å². The number of aryl methyl sites for hydroxylation is 1. The number of amides is 2. The first-order chi connectivity index (χ1) is 16.9. The lowest BCUT2D eigenvalue weighted by Gasteiger charge is -2.21. The molecule has 2 N–H and O–H groups in total. The highest BCUT2D eigenvalue weighted by Crippen LogP contribution is 2.31. The number of aromatic nitrogens is 2. The number of anilines is 1. The van der Waals surface area contributed by atoms with E-state index in [0.29, 0.717) is 31.0 Å². The Morgan fingerprint density at radius 2 is 1.80 bits per heavy atom. The summed E-state index contributed by atoms with van der Waals surface area (Å²) < 4.78 is 29.7. The number of carbonyl (C=O) groups is 1. The van der Waals surface area contributed by atoms with E-state index >= 15 is 0 Å². The highest BCUT2D eigenvalue weighted by molar-refractivity contribution is 5.90. The van der Waals surface area contributed by atoms with Gasteiger partial charge in [0.2, 0.25) is 0 Å². The Morgan fingerprint density at radius 3 is 2.49 bits per heavy atom. The first kappa shape index (κ1) is 22.8. The molecule has 0 unspecified atom stereocenters. The number of allylic oxidation sites excluding steroid dienone is 1. The van der Waals surface area contributed by atoms with Crippen molar-refractivity contribution in [2.24, 2.45) is 4.99 Å². The molecule has 9 heteroatoms. The summed E-state index contributed by atoms with van der Waals surface area (Å²) in [6.07, 6.45) is 3.78. The fourth-order valence-electron chi connectivity index (χ4n) is 4.66. The predicted molar refractivity (Wildman–Crippen MR) is 131 cm³/mol. The van der Waals surface area contributed by atoms with Crippen molar-refractivity contribution < 1.29 is 13.6 Å². The lowest BCUT2D eigenvalue weighted by atomic mass is 9.94. The normalized spacial score (nSPS) is 19.2. The maximum atomic E-state index is 14.0. The third-order valence-electron chi connectivity index (χ3n) is 6.54. The maximum absolute atomic E-state index is 14.0. The molecule has 180 valence electrons. The van der Waals surface area contributed by atoms with Crippen LogP contribution < -0.4 is 10.6 Å². The van der Waals surface area contributed by atoms with Gasteiger partial charge in [-0.05, 0) is 49.8 Å². The van der Waals surface area contributed by atoms with Gasteiger partial charge in [0, 0.05) is 36.9 Å². The second kappa shape index (κ2) is 9.32. The van der Waals surface area contributed by atoms with Gasteiger partial charge in [0.1, 0.15) is 17.5 Å². The average molecular weight is 477 g/mol. The molecule has 1 saturated heterocycles. The molecule has 2 amide bonds. The molecule has 0 spiro atoms. The largest absolute Gasteiger partial charge is 0.368 e. The van der Waals surface area contributed by atoms with Gasteiger partial charge in [-0.15, -0.1) is 0 Å². The number of urea groups is 1. The number of nitrogens with one attached hydrogen (secondary N) is 2. The van der Waals surface area contributed by atoms with Gasteiger partial charge in [-0.25, -0.2) is 18.3 Å². The first-order valence-corrected chi connectivity index (χ1v) is 11.5. The standard InChI is InChI=1S/C26H26F2N6O/c1-16-17(2)32-34(21-6-4-3-5-7-21)25(16)31-26(35)30-24-15-33(22-8-9-29-13-22)14-23(24)18-10-19(27)12-20(28)11-18/h3-8,10-13,23-24H,9,14-15H2,1-2H3,(H2,30,31,35)/t23-,24+/m0/s1. The zero-order valence-electron chi connectivity index (χ0n) is 19.5. The van der Waals surface area contributed by atoms with Crippen molar-refractivity contribution in [2.45, 2.75) is 25.8 Å². The van der Waals surface area contributed by atoms with E-state index in [4.69, 9.17) is 0 Å². The number of likely N-dealkylation sites (tertiary alicyclic amines) is 1. The van der Waals surface area contributed by atoms with E-state index in [0.717, 1.165) is 28.7 Å². The molecule has 7 nitrogen and oxygen atoms in total. The maximum Gasteiger partial charge on any atom is 0.320 e. The number of para-hydroxylation sites is 1. The summed E-state index contributed by atoms with van der Waals surface area (Å²) >= 11 is 0. The van der Waals surface area contributed by atoms with Gasteiger partial charge < -0.3 is 10.2 Å². The zero-order chi connectivity index (χ0) is 24.5. The van der Waals surface area contributed by atoms with Crippen LogP contribution in [0.15, 0.2) is 65.3 Å². The fourth-order valence-corrected chi connectivity index (χ4v) is 4.66. The Kier molecular flexibility index (Phi) is 6.07. The van der Waals surface area contributed by atoms with Crippen molar-refractivity contribution in [3.05, 3.63) is 88.8 Å². The summed E-state index contributed by atoms with van der Waals surface area (Å²) in [7, 11) is 0. The second-order valence-corrected chi connectivity index (χ2v) is 8.85. The third-order valence-corrected chi connectivity index (χ3v) is 6.54. The van der Waals surface area contributed by atoms with Gasteiger partial charge in [0.15, 0.2) is 0 Å². The number of nitrogens with zero attached hydrogens (tertiary/aromatic N) is 4. The Hall–Kier alpha value is -4.01. The molecule has 1 fully saturated rings. The van der Waals surface area contributed by atoms with Crippen LogP contribution in [-0.4, -0.2) is 52.6 Å². The highest BCUT2D eigenvalue weighted by atomic mass is 19.1. The number of aliphatic imine (C=N–C) groups is 1. The van der Waals surface area contributed by atoms with E-state index < -0.39 is 17.7 Å². The van der Waals surface area contributed by atoms with Crippen LogP contribution in [0.4, 0.5) is 19.4 Å². The quantitative estimate of drug-likeness (QED) is 0.576. The summed E-state index contributed by atoms with van der Waals surface area (Å²) in [5.41, 5.74) is 3.94. The Labute approximate surface area is 202 Å². The fraction of sp³-hybridized carbons (Fsp3) is 0.269. The van der Waals surface area contributed by atoms with Gasteiger partial charge in [0.25, 0.3) is 0 Å². The summed E-state index contributed by atoms with van der Waals surface area (Å²) in [5, 5.41) is 10.6. The van der Waals surface area contributed by atoms with E-state index in [9.17, 15) is 13.6 Å². The van der Waals surface area contributed by atoms with Gasteiger partial charge in [-0.3, -0.25) is 10.3 Å². The molecular formula is C26H26F2N6O. The van der Waals surface area contributed by atoms with Crippen LogP contribution in [0.1, 0.15) is 22.7 Å². The summed E-state index contributed by atoms with van der Waals surface area (Å²) in [5.74, 6) is -1.01. The van der Waals surface area contributed by atoms with E-state index in [-0.39, 0.29) is 12.0 Å². The van der Waals surface area contributed by atoms with Crippen LogP contribution in [0.2, 0.25) is 0 Å². The van der Waals surface area contributed by atoms with E-state index in [1.807, 2.05) is 50.3 Å². The van der Waals surface area contributed by atoms with Crippen molar-refractivity contribution in [3.8, 4) is 5.69 Å². The zero-order valence-corrected chi connectivity index (χ0v) is 19.5. The third kappa shape index (κ3) is 4.66. The molecule has 0 bridgehead atoms. The average Bonchev–Trinajstić information content (AvgIpc) is 3.56. The lowest BCUT2D eigenvalue weighted by molar-refractivity contribution is 0.247. The molecule has 0 radical (unpaired) electrons. The van der Waals surface area contributed by atoms with Crippen molar-refractivity contribution >= 4 is 18.1 Å². The molecule has 2 aromatic carbocycles. The number of hydrogen-bond donors (Lipinski definition) is 2. The minimum Gasteiger partial charge on any atom is -0.368 e. The SMILES string of the molecule is Cc1nn(-c2ccccc2)c(NC(=O)N[C@@H]2CN(C3=CCN=C3)C[C@H]2c2cc(F)cc(F)c2)c1C. The molecule has 2 aliphatic heterocycles. The van der Waals surface area contributed by atoms with Crippen LogP contribution in [0.25, 0.3) is 5.69 Å². The minimum atomic E-state index is -0.638. The molecule has 2 aliphatic rings. The van der Waals surface area contributed by atoms with Crippen LogP contribution >= 0.6 is 0 Å². The monoisotopic (exact) mass is 476 g/mol. The Bertz CT molecular complexity index is 1300. The molecular weight excluding hydrogens is 450 g/mol. The number of halogens is 2. The van der Waals surface area contributed by atoms with E-state index in [2.05, 4.69) is 25.6 Å². The predicted octanol–water partition coefficient (Wildman–Crippen LogP) is 4.33. The Balaban J connectivity index is 1.40. The topological polar surface area (TPSA) is 74.6 Å². The van der Waals surface area contributed by atoms with Crippen LogP contribution in [0.5, 0.6) is 0 Å². The smallest absolute Gasteiger partial charge is 0.320 e. The molecule has 1 aromatic heterocycles. The van der Waals surface area contributed by atoms with Gasteiger partial charge in [-0.2, -0.15) is 5.10 Å². The van der Waals surface area contributed by atoms with Crippen molar-refractivity contribution in [1.29, 1.82) is 0 Å². The van der Waals surface area contributed by atoms with Gasteiger partial charge >= 0.3 is 6.03 Å². The number of benzene rings is 2. The van der Waals surface area contributed by atoms with Crippen LogP contribution in [0, 0.1) is 25.5 Å². The number of rotatable bonds is 5. The lowest BCUT2D eigenvalue weighted by Crippen LogP contribution is -2.42. The molecule has 2 atom stereocenters. The highest BCUT2D eigenvalue weighted by Gasteiger charge is 2.36. The summed E-state index contributed by atoms with van der Waals surface area (Å²) in [6, 6.07) is 12.3. The van der Waals surface area contributed by atoms with Gasteiger partial charge in [0.05, 0.1) is 29.7 Å². The first-order valence-electron chi connectivity index (χ1n) is 11.5. The Morgan fingerprint density at radius 1 is 1.06 bits per heavy atom. The molecule has 35 heavy (non-hydrogen) atoms. The summed E-state index contributed by atoms with van der Waals surface area (Å²) in [4.78, 5) is 19.5. The second-order valence-electron chi connectivity index (χ2n) is 8.85. The molecule has 0 aliphatic carbocycles. The van der Waals surface area contributed by atoms with Crippen molar-refractivity contribution in [1.82, 2.24) is 20.0 Å². The molecule has 0 saturated carbocycles. The molecule has 3 heterocycles. The number of hydrogen-bond acceptors (Lipinski definition) is 4. The van der Waals surface area contributed by atoms with Crippen LogP contribution in [-0.2, 0) is 0 Å². The minimum absolute atomic E-state index is 0.303.